The molecular weight excluding hydrogens is 380 g/mol. The van der Waals surface area contributed by atoms with Gasteiger partial charge in [0.1, 0.15) is 16.4 Å². The number of hydrogen-bond donors (Lipinski definition) is 2. The van der Waals surface area contributed by atoms with Crippen molar-refractivity contribution in [2.45, 2.75) is 38.3 Å². The lowest BCUT2D eigenvalue weighted by Gasteiger charge is -2.15. The summed E-state index contributed by atoms with van der Waals surface area (Å²) < 4.78 is 38.5. The maximum absolute atomic E-state index is 12.6. The topological polar surface area (TPSA) is 93.7 Å². The summed E-state index contributed by atoms with van der Waals surface area (Å²) in [5.41, 5.74) is 1.04. The van der Waals surface area contributed by atoms with Crippen LogP contribution in [0.4, 0.5) is 0 Å². The highest BCUT2D eigenvalue weighted by atomic mass is 32.2. The van der Waals surface area contributed by atoms with Crippen molar-refractivity contribution in [1.29, 1.82) is 0 Å². The van der Waals surface area contributed by atoms with Crippen molar-refractivity contribution in [2.24, 2.45) is 0 Å². The number of rotatable bonds is 9. The molecule has 0 bridgehead atoms. The van der Waals surface area contributed by atoms with Crippen molar-refractivity contribution < 1.29 is 22.7 Å². The van der Waals surface area contributed by atoms with Gasteiger partial charge in [-0.15, -0.1) is 0 Å². The van der Waals surface area contributed by atoms with Crippen LogP contribution in [0.25, 0.3) is 0 Å². The molecule has 2 rings (SSSR count). The number of amides is 1. The van der Waals surface area contributed by atoms with Gasteiger partial charge in [-0.25, -0.2) is 13.1 Å². The van der Waals surface area contributed by atoms with E-state index < -0.39 is 15.9 Å². The van der Waals surface area contributed by atoms with E-state index in [1.54, 1.807) is 33.9 Å². The van der Waals surface area contributed by atoms with Crippen LogP contribution >= 0.6 is 0 Å². The average molecular weight is 407 g/mol. The Morgan fingerprint density at radius 2 is 1.82 bits per heavy atom. The lowest BCUT2D eigenvalue weighted by atomic mass is 10.1. The number of hydrogen-bond acceptors (Lipinski definition) is 5. The van der Waals surface area contributed by atoms with Crippen molar-refractivity contribution in [3.05, 3.63) is 53.6 Å². The second-order valence-corrected chi connectivity index (χ2v) is 8.05. The van der Waals surface area contributed by atoms with Gasteiger partial charge in [0.25, 0.3) is 5.91 Å². The van der Waals surface area contributed by atoms with Crippen molar-refractivity contribution in [3.63, 3.8) is 0 Å². The fourth-order valence-electron chi connectivity index (χ4n) is 2.63. The van der Waals surface area contributed by atoms with Gasteiger partial charge in [0.2, 0.25) is 10.0 Å². The zero-order valence-electron chi connectivity index (χ0n) is 16.5. The number of ether oxygens (including phenoxy) is 2. The third-order valence-corrected chi connectivity index (χ3v) is 5.50. The number of methoxy groups -OCH3 is 1. The summed E-state index contributed by atoms with van der Waals surface area (Å²) in [6.45, 7) is 5.77. The van der Waals surface area contributed by atoms with Crippen LogP contribution in [0.15, 0.2) is 47.4 Å². The van der Waals surface area contributed by atoms with Gasteiger partial charge in [-0.05, 0) is 45.0 Å². The van der Waals surface area contributed by atoms with Gasteiger partial charge >= 0.3 is 0 Å². The van der Waals surface area contributed by atoms with Gasteiger partial charge in [0.15, 0.2) is 0 Å². The quantitative estimate of drug-likeness (QED) is 0.668. The predicted octanol–water partition coefficient (Wildman–Crippen LogP) is 2.71. The first-order valence-electron chi connectivity index (χ1n) is 8.97. The van der Waals surface area contributed by atoms with Gasteiger partial charge in [-0.1, -0.05) is 18.2 Å². The fourth-order valence-corrected chi connectivity index (χ4v) is 4.06. The molecule has 0 spiro atoms. The van der Waals surface area contributed by atoms with Crippen molar-refractivity contribution in [3.8, 4) is 11.5 Å². The minimum absolute atomic E-state index is 0.0620. The van der Waals surface area contributed by atoms with Crippen LogP contribution in [0.2, 0.25) is 0 Å². The minimum atomic E-state index is -3.82. The maximum Gasteiger partial charge on any atom is 0.251 e. The second kappa shape index (κ2) is 9.57. The average Bonchev–Trinajstić information content (AvgIpc) is 2.65. The lowest BCUT2D eigenvalue weighted by molar-refractivity contribution is 0.0950. The van der Waals surface area contributed by atoms with Crippen LogP contribution in [0.5, 0.6) is 11.5 Å². The molecule has 0 saturated carbocycles. The summed E-state index contributed by atoms with van der Waals surface area (Å²) >= 11 is 0. The third-order valence-electron chi connectivity index (χ3n) is 3.82. The normalized spacial score (nSPS) is 11.3. The molecule has 0 fully saturated rings. The summed E-state index contributed by atoms with van der Waals surface area (Å²) in [6.07, 6.45) is 0. The summed E-state index contributed by atoms with van der Waals surface area (Å²) in [5.74, 6) is 0.478. The summed E-state index contributed by atoms with van der Waals surface area (Å²) in [7, 11) is -2.26. The Morgan fingerprint density at radius 1 is 1.11 bits per heavy atom. The number of benzene rings is 2. The molecule has 0 aromatic heterocycles. The first-order valence-corrected chi connectivity index (χ1v) is 10.5. The predicted molar refractivity (Wildman–Crippen MR) is 107 cm³/mol. The zero-order chi connectivity index (χ0) is 20.7. The SMILES string of the molecule is CCOc1ccc(C(=O)NCc2ccccc2OC)cc1S(=O)(=O)NC(C)C. The van der Waals surface area contributed by atoms with Crippen LogP contribution in [-0.4, -0.2) is 34.1 Å². The van der Waals surface area contributed by atoms with E-state index in [-0.39, 0.29) is 28.8 Å². The van der Waals surface area contributed by atoms with Gasteiger partial charge in [0.05, 0.1) is 13.7 Å². The van der Waals surface area contributed by atoms with Crippen LogP contribution < -0.4 is 19.5 Å². The first kappa shape index (κ1) is 21.7. The van der Waals surface area contributed by atoms with Crippen molar-refractivity contribution >= 4 is 15.9 Å². The smallest absolute Gasteiger partial charge is 0.251 e. The Kier molecular flexibility index (Phi) is 7.42. The molecule has 8 heteroatoms. The Hall–Kier alpha value is -2.58. The fraction of sp³-hybridized carbons (Fsp3) is 0.350. The van der Waals surface area contributed by atoms with Crippen LogP contribution in [0.3, 0.4) is 0 Å². The molecular formula is C20H26N2O5S. The number of sulfonamides is 1. The molecule has 0 aliphatic rings. The molecule has 0 aliphatic heterocycles. The summed E-state index contributed by atoms with van der Waals surface area (Å²) in [4.78, 5) is 12.5. The molecule has 0 atom stereocenters. The standard InChI is InChI=1S/C20H26N2O5S/c1-5-27-18-11-10-15(12-19(18)28(24,25)22-14(2)3)20(23)21-13-16-8-6-7-9-17(16)26-4/h6-12,14,22H,5,13H2,1-4H3,(H,21,23). The van der Waals surface area contributed by atoms with Gasteiger partial charge < -0.3 is 14.8 Å². The van der Waals surface area contributed by atoms with E-state index in [2.05, 4.69) is 10.0 Å². The molecule has 0 unspecified atom stereocenters. The highest BCUT2D eigenvalue weighted by molar-refractivity contribution is 7.89. The van der Waals surface area contributed by atoms with E-state index >= 15 is 0 Å². The molecule has 2 aromatic rings. The summed E-state index contributed by atoms with van der Waals surface area (Å²) in [6, 6.07) is 11.4. The zero-order valence-corrected chi connectivity index (χ0v) is 17.3. The van der Waals surface area contributed by atoms with Crippen LogP contribution in [-0.2, 0) is 16.6 Å². The summed E-state index contributed by atoms with van der Waals surface area (Å²) in [5, 5.41) is 2.79. The van der Waals surface area contributed by atoms with Crippen molar-refractivity contribution in [1.82, 2.24) is 10.0 Å². The molecule has 1 amide bonds. The first-order chi connectivity index (χ1) is 13.3. The number of nitrogens with one attached hydrogen (secondary N) is 2. The Bertz CT molecular complexity index is 926. The van der Waals surface area contributed by atoms with E-state index in [4.69, 9.17) is 9.47 Å². The highest BCUT2D eigenvalue weighted by Gasteiger charge is 2.22. The second-order valence-electron chi connectivity index (χ2n) is 6.37. The molecule has 2 N–H and O–H groups in total. The maximum atomic E-state index is 12.6. The number of carbonyl (C=O) groups is 1. The van der Waals surface area contributed by atoms with Gasteiger partial charge in [-0.3, -0.25) is 4.79 Å². The Morgan fingerprint density at radius 3 is 2.46 bits per heavy atom. The Labute approximate surface area is 166 Å². The van der Waals surface area contributed by atoms with E-state index in [0.29, 0.717) is 12.4 Å². The number of para-hydroxylation sites is 1. The molecule has 0 radical (unpaired) electrons. The number of carbonyl (C=O) groups excluding carboxylic acids is 1. The molecule has 0 aliphatic carbocycles. The van der Waals surface area contributed by atoms with Crippen molar-refractivity contribution in [2.75, 3.05) is 13.7 Å². The highest BCUT2D eigenvalue weighted by Crippen LogP contribution is 2.26. The van der Waals surface area contributed by atoms with E-state index in [9.17, 15) is 13.2 Å². The molecule has 152 valence electrons. The molecule has 0 saturated heterocycles. The molecule has 28 heavy (non-hydrogen) atoms. The minimum Gasteiger partial charge on any atom is -0.496 e. The third kappa shape index (κ3) is 5.46. The molecule has 7 nitrogen and oxygen atoms in total. The van der Waals surface area contributed by atoms with E-state index in [1.807, 2.05) is 18.2 Å². The molecule has 2 aromatic carbocycles. The van der Waals surface area contributed by atoms with Crippen LogP contribution in [0.1, 0.15) is 36.7 Å². The Balaban J connectivity index is 2.27. The van der Waals surface area contributed by atoms with E-state index in [1.165, 1.54) is 18.2 Å². The van der Waals surface area contributed by atoms with Gasteiger partial charge in [0, 0.05) is 23.7 Å². The molecule has 0 heterocycles. The van der Waals surface area contributed by atoms with E-state index in [0.717, 1.165) is 5.56 Å². The largest absolute Gasteiger partial charge is 0.496 e. The monoisotopic (exact) mass is 406 g/mol. The van der Waals surface area contributed by atoms with Crippen LogP contribution in [0, 0.1) is 0 Å². The lowest BCUT2D eigenvalue weighted by Crippen LogP contribution is -2.31. The van der Waals surface area contributed by atoms with Gasteiger partial charge in [-0.2, -0.15) is 0 Å².